The quantitative estimate of drug-likeness (QED) is 0.873. The normalized spacial score (nSPS) is 11.2. The number of hydrogen-bond donors (Lipinski definition) is 2. The van der Waals surface area contributed by atoms with E-state index in [9.17, 15) is 8.42 Å². The molecule has 2 N–H and O–H groups in total. The fourth-order valence-electron chi connectivity index (χ4n) is 1.54. The van der Waals surface area contributed by atoms with E-state index in [4.69, 9.17) is 0 Å². The minimum Gasteiger partial charge on any atom is -0.376 e. The van der Waals surface area contributed by atoms with Crippen molar-refractivity contribution in [1.29, 1.82) is 0 Å². The Bertz CT molecular complexity index is 620. The number of nitrogens with one attached hydrogen (secondary N) is 2. The zero-order chi connectivity index (χ0) is 13.2. The second kappa shape index (κ2) is 4.69. The van der Waals surface area contributed by atoms with E-state index in [-0.39, 0.29) is 4.90 Å². The van der Waals surface area contributed by atoms with Gasteiger partial charge in [0.25, 0.3) is 10.0 Å². The van der Waals surface area contributed by atoms with E-state index < -0.39 is 10.0 Å². The number of anilines is 2. The van der Waals surface area contributed by atoms with E-state index >= 15 is 0 Å². The molecule has 1 aromatic carbocycles. The van der Waals surface area contributed by atoms with Gasteiger partial charge in [0.2, 0.25) is 0 Å². The molecule has 2 rings (SSSR count). The van der Waals surface area contributed by atoms with Crippen LogP contribution in [0.3, 0.4) is 0 Å². The summed E-state index contributed by atoms with van der Waals surface area (Å²) in [5.41, 5.74) is 1.33. The van der Waals surface area contributed by atoms with Crippen LogP contribution in [0.2, 0.25) is 0 Å². The monoisotopic (exact) mass is 266 g/mol. The summed E-state index contributed by atoms with van der Waals surface area (Å²) in [6.45, 7) is 0. The fourth-order valence-corrected chi connectivity index (χ4v) is 2.52. The molecular weight excluding hydrogens is 252 g/mol. The van der Waals surface area contributed by atoms with Gasteiger partial charge in [-0.1, -0.05) is 12.1 Å². The Balaban J connectivity index is 2.36. The van der Waals surface area contributed by atoms with Crippen LogP contribution in [0.1, 0.15) is 0 Å². The van der Waals surface area contributed by atoms with E-state index in [1.807, 2.05) is 31.1 Å². The predicted octanol–water partition coefficient (Wildman–Crippen LogP) is 1.28. The van der Waals surface area contributed by atoms with Gasteiger partial charge in [0, 0.05) is 20.3 Å². The van der Waals surface area contributed by atoms with E-state index in [1.165, 1.54) is 12.4 Å². The third kappa shape index (κ3) is 2.45. The summed E-state index contributed by atoms with van der Waals surface area (Å²) < 4.78 is 26.6. The maximum atomic E-state index is 12.0. The molecule has 0 saturated heterocycles. The van der Waals surface area contributed by atoms with Crippen molar-refractivity contribution in [2.75, 3.05) is 23.7 Å². The van der Waals surface area contributed by atoms with Crippen molar-refractivity contribution < 1.29 is 8.42 Å². The molecular formula is C11H14N4O2S. The first kappa shape index (κ1) is 12.4. The third-order valence-electron chi connectivity index (χ3n) is 2.41. The van der Waals surface area contributed by atoms with Crippen molar-refractivity contribution in [2.24, 2.45) is 0 Å². The zero-order valence-corrected chi connectivity index (χ0v) is 10.9. The highest BCUT2D eigenvalue weighted by Crippen LogP contribution is 2.25. The number of rotatable bonds is 4. The number of benzene rings is 1. The first-order valence-electron chi connectivity index (χ1n) is 5.28. The minimum atomic E-state index is -3.60. The topological polar surface area (TPSA) is 78.1 Å². The lowest BCUT2D eigenvalue weighted by Crippen LogP contribution is -2.16. The molecule has 7 heteroatoms. The summed E-state index contributed by atoms with van der Waals surface area (Å²) in [7, 11) is 0.108. The van der Waals surface area contributed by atoms with Gasteiger partial charge in [0.15, 0.2) is 0 Å². The number of aromatic nitrogens is 2. The highest BCUT2D eigenvalue weighted by Gasteiger charge is 2.17. The molecule has 0 spiro atoms. The van der Waals surface area contributed by atoms with Crippen LogP contribution in [-0.2, 0) is 10.0 Å². The second-order valence-corrected chi connectivity index (χ2v) is 5.63. The van der Waals surface area contributed by atoms with E-state index in [1.54, 1.807) is 12.1 Å². The van der Waals surface area contributed by atoms with Gasteiger partial charge in [-0.05, 0) is 12.1 Å². The number of hydrogen-bond acceptors (Lipinski definition) is 4. The van der Waals surface area contributed by atoms with Crippen molar-refractivity contribution in [3.8, 4) is 0 Å². The Kier molecular flexibility index (Phi) is 3.24. The first-order valence-corrected chi connectivity index (χ1v) is 6.77. The summed E-state index contributed by atoms with van der Waals surface area (Å²) in [5, 5.41) is 6.11. The lowest BCUT2D eigenvalue weighted by atomic mass is 10.2. The lowest BCUT2D eigenvalue weighted by Gasteiger charge is -2.17. The maximum Gasteiger partial charge on any atom is 0.265 e. The molecule has 0 aliphatic rings. The van der Waals surface area contributed by atoms with Crippen LogP contribution in [0.4, 0.5) is 11.4 Å². The largest absolute Gasteiger partial charge is 0.376 e. The van der Waals surface area contributed by atoms with Crippen molar-refractivity contribution in [2.45, 2.75) is 4.90 Å². The lowest BCUT2D eigenvalue weighted by molar-refractivity contribution is 0.601. The molecule has 0 bridgehead atoms. The van der Waals surface area contributed by atoms with Crippen LogP contribution >= 0.6 is 0 Å². The average molecular weight is 266 g/mol. The standard InChI is InChI=1S/C11H14N4O2S/c1-15(2)11-6-4-3-5-10(11)14-18(16,17)9-7-12-13-8-9/h3-8,14H,1-2H3,(H,12,13). The maximum absolute atomic E-state index is 12.0. The van der Waals surface area contributed by atoms with Gasteiger partial charge in [0.05, 0.1) is 17.6 Å². The van der Waals surface area contributed by atoms with Crippen LogP contribution in [0, 0.1) is 0 Å². The van der Waals surface area contributed by atoms with Crippen LogP contribution < -0.4 is 9.62 Å². The summed E-state index contributed by atoms with van der Waals surface area (Å²) in [6, 6.07) is 7.19. The molecule has 6 nitrogen and oxygen atoms in total. The summed E-state index contributed by atoms with van der Waals surface area (Å²) in [5.74, 6) is 0. The SMILES string of the molecule is CN(C)c1ccccc1NS(=O)(=O)c1cn[nH]c1. The van der Waals surface area contributed by atoms with Gasteiger partial charge < -0.3 is 4.90 Å². The van der Waals surface area contributed by atoms with Gasteiger partial charge in [-0.2, -0.15) is 5.10 Å². The third-order valence-corrected chi connectivity index (χ3v) is 3.75. The van der Waals surface area contributed by atoms with Crippen LogP contribution in [-0.4, -0.2) is 32.7 Å². The Morgan fingerprint density at radius 2 is 2.00 bits per heavy atom. The molecule has 1 heterocycles. The highest BCUT2D eigenvalue weighted by atomic mass is 32.2. The smallest absolute Gasteiger partial charge is 0.265 e. The van der Waals surface area contributed by atoms with Crippen molar-refractivity contribution in [3.05, 3.63) is 36.7 Å². The van der Waals surface area contributed by atoms with Gasteiger partial charge in [-0.25, -0.2) is 8.42 Å². The van der Waals surface area contributed by atoms with Crippen molar-refractivity contribution in [1.82, 2.24) is 10.2 Å². The number of aromatic amines is 1. The highest BCUT2D eigenvalue weighted by molar-refractivity contribution is 7.92. The molecule has 0 unspecified atom stereocenters. The number of para-hydroxylation sites is 2. The molecule has 18 heavy (non-hydrogen) atoms. The molecule has 0 fully saturated rings. The number of H-pyrrole nitrogens is 1. The molecule has 96 valence electrons. The summed E-state index contributed by atoms with van der Waals surface area (Å²) in [6.07, 6.45) is 2.60. The van der Waals surface area contributed by atoms with Crippen LogP contribution in [0.5, 0.6) is 0 Å². The summed E-state index contributed by atoms with van der Waals surface area (Å²) >= 11 is 0. The molecule has 0 saturated carbocycles. The Morgan fingerprint density at radius 3 is 2.61 bits per heavy atom. The molecule has 0 aliphatic heterocycles. The minimum absolute atomic E-state index is 0.107. The Hall–Kier alpha value is -2.02. The molecule has 0 atom stereocenters. The fraction of sp³-hybridized carbons (Fsp3) is 0.182. The number of nitrogens with zero attached hydrogens (tertiary/aromatic N) is 2. The Morgan fingerprint density at radius 1 is 1.28 bits per heavy atom. The summed E-state index contributed by atoms with van der Waals surface area (Å²) in [4.78, 5) is 1.95. The molecule has 1 aromatic heterocycles. The van der Waals surface area contributed by atoms with Crippen LogP contribution in [0.25, 0.3) is 0 Å². The Labute approximate surface area is 106 Å². The van der Waals surface area contributed by atoms with Gasteiger partial charge in [0.1, 0.15) is 4.90 Å². The van der Waals surface area contributed by atoms with Crippen LogP contribution in [0.15, 0.2) is 41.6 Å². The van der Waals surface area contributed by atoms with Crippen molar-refractivity contribution >= 4 is 21.4 Å². The van der Waals surface area contributed by atoms with E-state index in [2.05, 4.69) is 14.9 Å². The zero-order valence-electron chi connectivity index (χ0n) is 10.1. The molecule has 0 radical (unpaired) electrons. The van der Waals surface area contributed by atoms with E-state index in [0.717, 1.165) is 5.69 Å². The van der Waals surface area contributed by atoms with Gasteiger partial charge in [-0.3, -0.25) is 9.82 Å². The first-order chi connectivity index (χ1) is 8.50. The van der Waals surface area contributed by atoms with Gasteiger partial charge in [-0.15, -0.1) is 0 Å². The molecule has 2 aromatic rings. The second-order valence-electron chi connectivity index (χ2n) is 3.95. The molecule has 0 amide bonds. The molecule has 0 aliphatic carbocycles. The average Bonchev–Trinajstić information content (AvgIpc) is 2.83. The number of sulfonamides is 1. The van der Waals surface area contributed by atoms with Gasteiger partial charge >= 0.3 is 0 Å². The predicted molar refractivity (Wildman–Crippen MR) is 70.2 cm³/mol. The van der Waals surface area contributed by atoms with Crippen molar-refractivity contribution in [3.63, 3.8) is 0 Å². The van der Waals surface area contributed by atoms with E-state index in [0.29, 0.717) is 5.69 Å².